The number of rotatable bonds is 6. The molecule has 7 heteroatoms. The number of hydrogen-bond donors (Lipinski definition) is 0. The summed E-state index contributed by atoms with van der Waals surface area (Å²) in [6, 6.07) is 20.9. The molecule has 3 aromatic carbocycles. The summed E-state index contributed by atoms with van der Waals surface area (Å²) in [6.07, 6.45) is 1.92. The minimum Gasteiger partial charge on any atom is -0.497 e. The molecule has 1 fully saturated rings. The molecule has 34 heavy (non-hydrogen) atoms. The van der Waals surface area contributed by atoms with Crippen molar-refractivity contribution in [3.63, 3.8) is 0 Å². The molecule has 4 rings (SSSR count). The van der Waals surface area contributed by atoms with Gasteiger partial charge in [-0.25, -0.2) is 0 Å². The molecule has 0 N–H and O–H groups in total. The maximum absolute atomic E-state index is 14.0. The molecule has 1 saturated heterocycles. The van der Waals surface area contributed by atoms with Gasteiger partial charge in [-0.3, -0.25) is 19.4 Å². The predicted molar refractivity (Wildman–Crippen MR) is 135 cm³/mol. The van der Waals surface area contributed by atoms with Crippen LogP contribution in [0.1, 0.15) is 12.5 Å². The van der Waals surface area contributed by atoms with Crippen molar-refractivity contribution in [3.05, 3.63) is 89.0 Å². The summed E-state index contributed by atoms with van der Waals surface area (Å²) in [6.45, 7) is 1.74. The molecule has 1 atom stereocenters. The van der Waals surface area contributed by atoms with Crippen molar-refractivity contribution in [2.45, 2.75) is 13.0 Å². The number of ether oxygens (including phenoxy) is 2. The van der Waals surface area contributed by atoms with Gasteiger partial charge in [-0.1, -0.05) is 48.0 Å². The van der Waals surface area contributed by atoms with E-state index in [0.717, 1.165) is 11.1 Å². The number of hydrogen-bond acceptors (Lipinski definition) is 4. The normalized spacial score (nSPS) is 16.6. The van der Waals surface area contributed by atoms with E-state index in [2.05, 4.69) is 0 Å². The average molecular weight is 477 g/mol. The van der Waals surface area contributed by atoms with Crippen LogP contribution in [0.5, 0.6) is 11.5 Å². The van der Waals surface area contributed by atoms with Crippen molar-refractivity contribution in [3.8, 4) is 11.5 Å². The van der Waals surface area contributed by atoms with Crippen molar-refractivity contribution in [1.29, 1.82) is 0 Å². The Bertz CT molecular complexity index is 1230. The van der Waals surface area contributed by atoms with Crippen molar-refractivity contribution < 1.29 is 19.1 Å². The van der Waals surface area contributed by atoms with E-state index >= 15 is 0 Å². The van der Waals surface area contributed by atoms with Gasteiger partial charge in [0.25, 0.3) is 5.91 Å². The second-order valence-corrected chi connectivity index (χ2v) is 8.34. The van der Waals surface area contributed by atoms with Crippen molar-refractivity contribution in [2.75, 3.05) is 30.6 Å². The molecule has 1 aliphatic heterocycles. The zero-order valence-electron chi connectivity index (χ0n) is 19.2. The van der Waals surface area contributed by atoms with Gasteiger partial charge in [-0.05, 0) is 54.5 Å². The Morgan fingerprint density at radius 1 is 0.971 bits per heavy atom. The number of carbonyl (C=O) groups is 2. The molecule has 0 unspecified atom stereocenters. The van der Waals surface area contributed by atoms with Gasteiger partial charge in [0, 0.05) is 16.8 Å². The smallest absolute Gasteiger partial charge is 0.255 e. The van der Waals surface area contributed by atoms with Gasteiger partial charge in [0.05, 0.1) is 19.9 Å². The molecule has 174 valence electrons. The quantitative estimate of drug-likeness (QED) is 0.490. The zero-order valence-corrected chi connectivity index (χ0v) is 20.0. The third kappa shape index (κ3) is 4.63. The number of nitrogens with zero attached hydrogens (tertiary/aromatic N) is 2. The second kappa shape index (κ2) is 10.0. The number of amides is 2. The van der Waals surface area contributed by atoms with Crippen LogP contribution in [0.15, 0.2) is 78.4 Å². The van der Waals surface area contributed by atoms with Crippen LogP contribution in [0.4, 0.5) is 11.4 Å². The Hall–Kier alpha value is -3.77. The van der Waals surface area contributed by atoms with Crippen LogP contribution >= 0.6 is 11.6 Å². The van der Waals surface area contributed by atoms with E-state index in [-0.39, 0.29) is 18.4 Å². The van der Waals surface area contributed by atoms with E-state index in [1.807, 2.05) is 43.3 Å². The number of benzene rings is 3. The lowest BCUT2D eigenvalue weighted by atomic mass is 9.98. The van der Waals surface area contributed by atoms with Crippen LogP contribution in [0.3, 0.4) is 0 Å². The fraction of sp³-hybridized carbons (Fsp3) is 0.185. The van der Waals surface area contributed by atoms with Crippen LogP contribution in [-0.4, -0.2) is 38.6 Å². The summed E-state index contributed by atoms with van der Waals surface area (Å²) in [7, 11) is 3.08. The summed E-state index contributed by atoms with van der Waals surface area (Å²) in [4.78, 5) is 30.5. The molecule has 0 aliphatic carbocycles. The first-order valence-electron chi connectivity index (χ1n) is 10.8. The van der Waals surface area contributed by atoms with Crippen LogP contribution < -0.4 is 19.3 Å². The lowest BCUT2D eigenvalue weighted by Gasteiger charge is -2.41. The summed E-state index contributed by atoms with van der Waals surface area (Å²) in [5.41, 5.74) is 2.79. The molecule has 0 bridgehead atoms. The molecule has 3 aromatic rings. The van der Waals surface area contributed by atoms with Gasteiger partial charge >= 0.3 is 0 Å². The zero-order chi connectivity index (χ0) is 24.2. The van der Waals surface area contributed by atoms with Crippen LogP contribution in [0.2, 0.25) is 5.02 Å². The summed E-state index contributed by atoms with van der Waals surface area (Å²) in [5.74, 6) is 0.591. The lowest BCUT2D eigenvalue weighted by molar-refractivity contribution is -0.127. The molecule has 0 spiro atoms. The number of anilines is 2. The van der Waals surface area contributed by atoms with Gasteiger partial charge in [-0.15, -0.1) is 0 Å². The van der Waals surface area contributed by atoms with E-state index in [1.54, 1.807) is 54.5 Å². The SMILES string of the molecule is COc1ccc(N2CC(=O)N(c3ccc(Cl)cc3)[C@@H](/C(C)=C\c3ccccc3)C2=O)c(OC)c1. The fourth-order valence-electron chi connectivity index (χ4n) is 4.09. The Morgan fingerprint density at radius 2 is 1.68 bits per heavy atom. The third-order valence-electron chi connectivity index (χ3n) is 5.73. The summed E-state index contributed by atoms with van der Waals surface area (Å²) < 4.78 is 10.8. The standard InChI is InChI=1S/C27H25ClN2O4/c1-18(15-19-7-5-4-6-8-19)26-27(32)29(23-14-13-22(33-2)16-24(23)34-3)17-25(31)30(26)21-11-9-20(28)10-12-21/h4-16,26H,17H2,1-3H3/b18-15-/t26-/m0/s1. The molecular weight excluding hydrogens is 452 g/mol. The molecule has 0 radical (unpaired) electrons. The highest BCUT2D eigenvalue weighted by Gasteiger charge is 2.42. The monoisotopic (exact) mass is 476 g/mol. The topological polar surface area (TPSA) is 59.1 Å². The molecule has 1 aliphatic rings. The molecule has 0 aromatic heterocycles. The van der Waals surface area contributed by atoms with Crippen LogP contribution in [0, 0.1) is 0 Å². The minimum absolute atomic E-state index is 0.126. The highest BCUT2D eigenvalue weighted by Crippen LogP contribution is 2.36. The van der Waals surface area contributed by atoms with E-state index in [4.69, 9.17) is 21.1 Å². The van der Waals surface area contributed by atoms with Gasteiger partial charge in [0.1, 0.15) is 24.1 Å². The highest BCUT2D eigenvalue weighted by atomic mass is 35.5. The van der Waals surface area contributed by atoms with E-state index < -0.39 is 6.04 Å². The van der Waals surface area contributed by atoms with E-state index in [9.17, 15) is 9.59 Å². The first kappa shape index (κ1) is 23.4. The first-order valence-corrected chi connectivity index (χ1v) is 11.1. The molecule has 0 saturated carbocycles. The van der Waals surface area contributed by atoms with Crippen LogP contribution in [0.25, 0.3) is 6.08 Å². The third-order valence-corrected chi connectivity index (χ3v) is 5.98. The number of methoxy groups -OCH3 is 2. The number of piperazine rings is 1. The van der Waals surface area contributed by atoms with E-state index in [0.29, 0.717) is 27.9 Å². The lowest BCUT2D eigenvalue weighted by Crippen LogP contribution is -2.61. The largest absolute Gasteiger partial charge is 0.497 e. The Labute approximate surface area is 204 Å². The second-order valence-electron chi connectivity index (χ2n) is 7.90. The van der Waals surface area contributed by atoms with Crippen LogP contribution in [-0.2, 0) is 9.59 Å². The average Bonchev–Trinajstić information content (AvgIpc) is 2.85. The fourth-order valence-corrected chi connectivity index (χ4v) is 4.21. The Morgan fingerprint density at radius 3 is 2.32 bits per heavy atom. The first-order chi connectivity index (χ1) is 16.4. The maximum Gasteiger partial charge on any atom is 0.255 e. The van der Waals surface area contributed by atoms with Gasteiger partial charge in [0.15, 0.2) is 0 Å². The highest BCUT2D eigenvalue weighted by molar-refractivity contribution is 6.30. The van der Waals surface area contributed by atoms with Crippen molar-refractivity contribution >= 4 is 40.9 Å². The Kier molecular flexibility index (Phi) is 6.89. The number of carbonyl (C=O) groups excluding carboxylic acids is 2. The van der Waals surface area contributed by atoms with Gasteiger partial charge in [-0.2, -0.15) is 0 Å². The molecule has 1 heterocycles. The van der Waals surface area contributed by atoms with Gasteiger partial charge in [0.2, 0.25) is 5.91 Å². The predicted octanol–water partition coefficient (Wildman–Crippen LogP) is 5.21. The molecule has 2 amide bonds. The summed E-state index contributed by atoms with van der Waals surface area (Å²) in [5, 5.41) is 0.553. The molecular formula is C27H25ClN2O4. The Balaban J connectivity index is 1.81. The van der Waals surface area contributed by atoms with Gasteiger partial charge < -0.3 is 9.47 Å². The van der Waals surface area contributed by atoms with Crippen molar-refractivity contribution in [2.24, 2.45) is 0 Å². The minimum atomic E-state index is -0.838. The number of halogens is 1. The molecule has 6 nitrogen and oxygen atoms in total. The maximum atomic E-state index is 14.0. The summed E-state index contributed by atoms with van der Waals surface area (Å²) >= 11 is 6.07. The van der Waals surface area contributed by atoms with E-state index in [1.165, 1.54) is 12.0 Å². The van der Waals surface area contributed by atoms with Crippen molar-refractivity contribution in [1.82, 2.24) is 0 Å².